The second kappa shape index (κ2) is 3.89. The highest BCUT2D eigenvalue weighted by molar-refractivity contribution is 6.49. The van der Waals surface area contributed by atoms with Gasteiger partial charge in [-0.2, -0.15) is 35.1 Å². The van der Waals surface area contributed by atoms with E-state index < -0.39 is 33.5 Å². The van der Waals surface area contributed by atoms with E-state index in [0.717, 1.165) is 0 Å². The number of alkyl halides is 12. The van der Waals surface area contributed by atoms with E-state index in [0.29, 0.717) is 0 Å². The summed E-state index contributed by atoms with van der Waals surface area (Å²) in [6.07, 6.45) is -12.9. The third-order valence-corrected chi connectivity index (χ3v) is 3.47. The number of halogens is 12. The van der Waals surface area contributed by atoms with Crippen molar-refractivity contribution < 1.29 is 44.3 Å². The van der Waals surface area contributed by atoms with Crippen molar-refractivity contribution in [1.82, 2.24) is 0 Å². The lowest BCUT2D eigenvalue weighted by atomic mass is 9.95. The van der Waals surface area contributed by atoms with E-state index in [1.807, 2.05) is 0 Å². The van der Waals surface area contributed by atoms with Gasteiger partial charge in [-0.1, -0.05) is 34.8 Å². The topological polar surface area (TPSA) is 9.23 Å². The molecular formula is C6Cl3F9O. The molecule has 1 saturated heterocycles. The summed E-state index contributed by atoms with van der Waals surface area (Å²) >= 11 is 13.3. The summed E-state index contributed by atoms with van der Waals surface area (Å²) in [5, 5.41) is -5.37. The van der Waals surface area contributed by atoms with Crippen LogP contribution in [-0.4, -0.2) is 33.5 Å². The number of hydrogen-bond donors (Lipinski definition) is 0. The molecule has 0 aliphatic carbocycles. The van der Waals surface area contributed by atoms with E-state index in [4.69, 9.17) is 0 Å². The lowest BCUT2D eigenvalue weighted by Gasteiger charge is -2.34. The largest absolute Gasteiger partial charge is 0.438 e. The Bertz CT molecular complexity index is 390. The maximum atomic E-state index is 13.6. The van der Waals surface area contributed by atoms with Gasteiger partial charge in [0.1, 0.15) is 0 Å². The van der Waals surface area contributed by atoms with Crippen molar-refractivity contribution in [1.29, 1.82) is 0 Å². The lowest BCUT2D eigenvalue weighted by molar-refractivity contribution is -0.322. The van der Waals surface area contributed by atoms with Crippen molar-refractivity contribution in [3.8, 4) is 0 Å². The molecule has 0 aromatic heterocycles. The number of hydrogen-bond acceptors (Lipinski definition) is 1. The molecule has 13 heteroatoms. The van der Waals surface area contributed by atoms with Gasteiger partial charge in [-0.15, -0.1) is 0 Å². The van der Waals surface area contributed by atoms with Gasteiger partial charge in [-0.25, -0.2) is 4.39 Å². The Morgan fingerprint density at radius 1 is 0.737 bits per heavy atom. The van der Waals surface area contributed by atoms with Crippen LogP contribution in [0.25, 0.3) is 0 Å². The molecule has 0 bridgehead atoms. The second-order valence-corrected chi connectivity index (χ2v) is 5.23. The molecule has 19 heavy (non-hydrogen) atoms. The highest BCUT2D eigenvalue weighted by Gasteiger charge is 2.97. The van der Waals surface area contributed by atoms with Crippen LogP contribution in [0.1, 0.15) is 0 Å². The molecular weight excluding hydrogens is 365 g/mol. The van der Waals surface area contributed by atoms with Gasteiger partial charge in [0.2, 0.25) is 0 Å². The molecule has 0 unspecified atom stereocenters. The van der Waals surface area contributed by atoms with Gasteiger partial charge in [0, 0.05) is 0 Å². The van der Waals surface area contributed by atoms with Crippen LogP contribution in [0.5, 0.6) is 0 Å². The molecule has 0 aromatic rings. The average molecular weight is 365 g/mol. The van der Waals surface area contributed by atoms with Crippen molar-refractivity contribution in [2.24, 2.45) is 0 Å². The van der Waals surface area contributed by atoms with E-state index in [1.54, 1.807) is 0 Å². The van der Waals surface area contributed by atoms with Gasteiger partial charge < -0.3 is 4.74 Å². The third-order valence-electron chi connectivity index (χ3n) is 2.26. The molecule has 0 N–H and O–H groups in total. The molecule has 0 saturated carbocycles. The zero-order chi connectivity index (χ0) is 15.7. The molecule has 2 atom stereocenters. The summed E-state index contributed by atoms with van der Waals surface area (Å²) in [4.78, 5) is 0. The van der Waals surface area contributed by atoms with Crippen LogP contribution in [0.2, 0.25) is 0 Å². The normalized spacial score (nSPS) is 38.5. The van der Waals surface area contributed by atoms with Crippen molar-refractivity contribution in [2.75, 3.05) is 0 Å². The maximum Gasteiger partial charge on any atom is 0.438 e. The molecule has 0 radical (unpaired) electrons. The first kappa shape index (κ1) is 17.3. The second-order valence-electron chi connectivity index (χ2n) is 3.44. The molecule has 1 rings (SSSR count). The Morgan fingerprint density at radius 2 is 1.11 bits per heavy atom. The first-order valence-electron chi connectivity index (χ1n) is 3.93. The van der Waals surface area contributed by atoms with E-state index in [-0.39, 0.29) is 0 Å². The smallest absolute Gasteiger partial charge is 0.307 e. The summed E-state index contributed by atoms with van der Waals surface area (Å²) in [6.45, 7) is 0. The molecule has 0 amide bonds. The van der Waals surface area contributed by atoms with Gasteiger partial charge in [0.15, 0.2) is 0 Å². The Kier molecular flexibility index (Phi) is 3.53. The van der Waals surface area contributed by atoms with Gasteiger partial charge in [0.25, 0.3) is 4.52 Å². The van der Waals surface area contributed by atoms with Crippen molar-refractivity contribution in [2.45, 2.75) is 33.5 Å². The summed E-state index contributed by atoms with van der Waals surface area (Å²) in [6, 6.07) is 0. The zero-order valence-electron chi connectivity index (χ0n) is 7.94. The van der Waals surface area contributed by atoms with Crippen molar-refractivity contribution >= 4 is 34.8 Å². The van der Waals surface area contributed by atoms with Gasteiger partial charge in [-0.05, 0) is 0 Å². The minimum atomic E-state index is -6.58. The third kappa shape index (κ3) is 1.82. The molecule has 1 fully saturated rings. The Morgan fingerprint density at radius 3 is 1.26 bits per heavy atom. The van der Waals surface area contributed by atoms with Crippen molar-refractivity contribution in [3.05, 3.63) is 0 Å². The SMILES string of the molecule is FC(F)(F)[C@]1(Cl)OC(Cl)(Cl)[C@](F)(C(F)(F)F)C1(F)F. The molecule has 1 aliphatic heterocycles. The summed E-state index contributed by atoms with van der Waals surface area (Å²) in [7, 11) is 0. The van der Waals surface area contributed by atoms with Crippen LogP contribution in [0.15, 0.2) is 0 Å². The van der Waals surface area contributed by atoms with E-state index in [2.05, 4.69) is 39.5 Å². The molecule has 1 nitrogen and oxygen atoms in total. The lowest BCUT2D eigenvalue weighted by Crippen LogP contribution is -2.65. The van der Waals surface area contributed by atoms with Crippen LogP contribution in [-0.2, 0) is 4.74 Å². The summed E-state index contributed by atoms with van der Waals surface area (Å²) < 4.78 is 113. The quantitative estimate of drug-likeness (QED) is 0.452. The van der Waals surface area contributed by atoms with E-state index in [9.17, 15) is 39.5 Å². The summed E-state index contributed by atoms with van der Waals surface area (Å²) in [5.41, 5.74) is -6.06. The van der Waals surface area contributed by atoms with Crippen LogP contribution in [0.3, 0.4) is 0 Å². The molecule has 1 aliphatic rings. The predicted molar refractivity (Wildman–Crippen MR) is 45.0 cm³/mol. The molecule has 0 spiro atoms. The highest BCUT2D eigenvalue weighted by atomic mass is 35.5. The minimum Gasteiger partial charge on any atom is -0.307 e. The van der Waals surface area contributed by atoms with Gasteiger partial charge >= 0.3 is 29.0 Å². The Hall–Kier alpha value is 0.200. The maximum absolute atomic E-state index is 13.6. The first-order valence-corrected chi connectivity index (χ1v) is 5.06. The number of ether oxygens (including phenoxy) is 1. The fourth-order valence-corrected chi connectivity index (χ4v) is 2.30. The van der Waals surface area contributed by atoms with Gasteiger partial charge in [0.05, 0.1) is 0 Å². The Labute approximate surface area is 113 Å². The van der Waals surface area contributed by atoms with Crippen molar-refractivity contribution in [3.63, 3.8) is 0 Å². The molecule has 0 aromatic carbocycles. The minimum absolute atomic E-state index is 3.08. The fourth-order valence-electron chi connectivity index (χ4n) is 1.29. The Balaban J connectivity index is 3.62. The van der Waals surface area contributed by atoms with Gasteiger partial charge in [-0.3, -0.25) is 0 Å². The monoisotopic (exact) mass is 364 g/mol. The van der Waals surface area contributed by atoms with Crippen LogP contribution in [0.4, 0.5) is 39.5 Å². The molecule has 114 valence electrons. The van der Waals surface area contributed by atoms with E-state index >= 15 is 0 Å². The van der Waals surface area contributed by atoms with Crippen LogP contribution < -0.4 is 0 Å². The highest BCUT2D eigenvalue weighted by Crippen LogP contribution is 2.70. The standard InChI is InChI=1S/C6Cl3F9O/c7-2(6(16,17)18)3(11,12)1(10,5(13,14)15)4(8,9)19-2/t1-,2+/m0/s1. The first-order chi connectivity index (χ1) is 7.96. The number of rotatable bonds is 0. The zero-order valence-corrected chi connectivity index (χ0v) is 10.2. The predicted octanol–water partition coefficient (Wildman–Crippen LogP) is 4.55. The fraction of sp³-hybridized carbons (Fsp3) is 1.00. The summed E-state index contributed by atoms with van der Waals surface area (Å²) in [5.74, 6) is -6.33. The average Bonchev–Trinajstić information content (AvgIpc) is 2.21. The van der Waals surface area contributed by atoms with E-state index in [1.165, 1.54) is 0 Å². The van der Waals surface area contributed by atoms with Crippen LogP contribution in [0, 0.1) is 0 Å². The van der Waals surface area contributed by atoms with Crippen LogP contribution >= 0.6 is 34.8 Å². The molecule has 1 heterocycles.